The van der Waals surface area contributed by atoms with Gasteiger partial charge in [0.1, 0.15) is 24.4 Å². The Kier molecular flexibility index (Phi) is 7.89. The van der Waals surface area contributed by atoms with Crippen LogP contribution in [-0.2, 0) is 11.3 Å². The quantitative estimate of drug-likeness (QED) is 0.138. The summed E-state index contributed by atoms with van der Waals surface area (Å²) in [5, 5.41) is 2.24. The van der Waals surface area contributed by atoms with Gasteiger partial charge in [0.15, 0.2) is 0 Å². The van der Waals surface area contributed by atoms with Crippen molar-refractivity contribution in [1.82, 2.24) is 0 Å². The molecule has 39 heavy (non-hydrogen) atoms. The van der Waals surface area contributed by atoms with Gasteiger partial charge in [-0.1, -0.05) is 42.5 Å². The van der Waals surface area contributed by atoms with Crippen molar-refractivity contribution in [2.75, 3.05) is 19.1 Å². The average Bonchev–Trinajstić information content (AvgIpc) is 3.00. The molecule has 0 amide bonds. The monoisotopic (exact) mass is 515 g/mol. The number of methoxy groups -OCH3 is 2. The molecule has 0 atom stereocenters. The molecule has 5 aromatic rings. The summed E-state index contributed by atoms with van der Waals surface area (Å²) in [6.07, 6.45) is 4.45. The third-order valence-electron chi connectivity index (χ3n) is 6.54. The number of carbonyl (C=O) groups excluding carboxylic acids is 1. The van der Waals surface area contributed by atoms with Crippen LogP contribution in [0.1, 0.15) is 21.5 Å². The Bertz CT molecular complexity index is 1540. The molecule has 5 heteroatoms. The van der Waals surface area contributed by atoms with Gasteiger partial charge in [-0.3, -0.25) is 4.79 Å². The molecule has 5 aromatic carbocycles. The van der Waals surface area contributed by atoms with Gasteiger partial charge in [0.2, 0.25) is 0 Å². The van der Waals surface area contributed by atoms with E-state index in [-0.39, 0.29) is 0 Å². The summed E-state index contributed by atoms with van der Waals surface area (Å²) in [5.41, 5.74) is 5.62. The van der Waals surface area contributed by atoms with Crippen LogP contribution in [0.15, 0.2) is 115 Å². The van der Waals surface area contributed by atoms with Gasteiger partial charge in [0, 0.05) is 22.6 Å². The van der Waals surface area contributed by atoms with Gasteiger partial charge in [0.05, 0.1) is 20.5 Å². The van der Waals surface area contributed by atoms with Crippen LogP contribution in [0, 0.1) is 0 Å². The van der Waals surface area contributed by atoms with Crippen LogP contribution in [0.25, 0.3) is 16.8 Å². The van der Waals surface area contributed by atoms with Crippen molar-refractivity contribution >= 4 is 40.2 Å². The van der Waals surface area contributed by atoms with E-state index in [2.05, 4.69) is 65.6 Å². The molecule has 0 aliphatic carbocycles. The van der Waals surface area contributed by atoms with E-state index >= 15 is 0 Å². The number of carbonyl (C=O) groups is 1. The van der Waals surface area contributed by atoms with Crippen LogP contribution < -0.4 is 14.4 Å². The van der Waals surface area contributed by atoms with Gasteiger partial charge in [-0.05, 0) is 94.7 Å². The summed E-state index contributed by atoms with van der Waals surface area (Å²) in [5.74, 6) is 1.62. The van der Waals surface area contributed by atoms with Crippen molar-refractivity contribution in [2.24, 2.45) is 0 Å². The zero-order valence-corrected chi connectivity index (χ0v) is 21.9. The van der Waals surface area contributed by atoms with E-state index in [1.165, 1.54) is 0 Å². The first-order chi connectivity index (χ1) is 19.2. The number of benzene rings is 5. The van der Waals surface area contributed by atoms with Gasteiger partial charge in [-0.15, -0.1) is 0 Å². The Morgan fingerprint density at radius 2 is 1.26 bits per heavy atom. The van der Waals surface area contributed by atoms with Crippen molar-refractivity contribution in [3.63, 3.8) is 0 Å². The van der Waals surface area contributed by atoms with Gasteiger partial charge in [0.25, 0.3) is 0 Å². The topological polar surface area (TPSA) is 48.0 Å². The zero-order chi connectivity index (χ0) is 27.0. The van der Waals surface area contributed by atoms with Crippen LogP contribution >= 0.6 is 0 Å². The summed E-state index contributed by atoms with van der Waals surface area (Å²) in [7, 11) is 3.34. The number of hydrogen-bond donors (Lipinski definition) is 0. The normalized spacial score (nSPS) is 10.9. The number of fused-ring (bicyclic) bond motifs is 1. The molecule has 0 bridgehead atoms. The molecule has 0 spiro atoms. The molecule has 0 aromatic heterocycles. The molecule has 0 saturated heterocycles. The number of nitrogens with zero attached hydrogens (tertiary/aromatic N) is 1. The van der Waals surface area contributed by atoms with Crippen molar-refractivity contribution in [3.05, 3.63) is 132 Å². The molecule has 0 N–H and O–H groups in total. The summed E-state index contributed by atoms with van der Waals surface area (Å²) in [4.78, 5) is 13.4. The fraction of sp³-hybridized carbons (Fsp3) is 0.0882. The third kappa shape index (κ3) is 5.94. The lowest BCUT2D eigenvalue weighted by molar-refractivity contribution is 0.112. The molecule has 5 nitrogen and oxygen atoms in total. The molecule has 194 valence electrons. The van der Waals surface area contributed by atoms with Crippen molar-refractivity contribution in [3.8, 4) is 11.5 Å². The van der Waals surface area contributed by atoms with Gasteiger partial charge >= 0.3 is 0 Å². The molecule has 0 heterocycles. The Morgan fingerprint density at radius 3 is 1.90 bits per heavy atom. The van der Waals surface area contributed by atoms with E-state index < -0.39 is 0 Å². The number of rotatable bonds is 10. The second-order valence-electron chi connectivity index (χ2n) is 8.95. The van der Waals surface area contributed by atoms with E-state index in [1.54, 1.807) is 26.5 Å². The minimum absolute atomic E-state index is 0.342. The van der Waals surface area contributed by atoms with E-state index in [1.807, 2.05) is 48.5 Å². The van der Waals surface area contributed by atoms with Gasteiger partial charge in [-0.2, -0.15) is 0 Å². The number of anilines is 3. The van der Waals surface area contributed by atoms with E-state index in [4.69, 9.17) is 14.2 Å². The molecule has 0 unspecified atom stereocenters. The lowest BCUT2D eigenvalue weighted by Gasteiger charge is -2.26. The fourth-order valence-corrected chi connectivity index (χ4v) is 4.45. The van der Waals surface area contributed by atoms with Gasteiger partial charge < -0.3 is 19.1 Å². The maximum absolute atomic E-state index is 11.2. The van der Waals surface area contributed by atoms with Crippen LogP contribution in [0.4, 0.5) is 17.1 Å². The second-order valence-corrected chi connectivity index (χ2v) is 8.95. The largest absolute Gasteiger partial charge is 0.497 e. The van der Waals surface area contributed by atoms with Crippen LogP contribution in [0.3, 0.4) is 0 Å². The Hall–Kier alpha value is -5.03. The minimum Gasteiger partial charge on any atom is -0.497 e. The van der Waals surface area contributed by atoms with Crippen molar-refractivity contribution in [2.45, 2.75) is 6.61 Å². The van der Waals surface area contributed by atoms with Crippen molar-refractivity contribution in [1.29, 1.82) is 0 Å². The second kappa shape index (κ2) is 12.0. The highest BCUT2D eigenvalue weighted by atomic mass is 16.5. The summed E-state index contributed by atoms with van der Waals surface area (Å²) in [6, 6.07) is 36.2. The fourth-order valence-electron chi connectivity index (χ4n) is 4.45. The Morgan fingerprint density at radius 1 is 0.667 bits per heavy atom. The first kappa shape index (κ1) is 25.6. The van der Waals surface area contributed by atoms with Crippen molar-refractivity contribution < 1.29 is 19.0 Å². The predicted octanol–water partition coefficient (Wildman–Crippen LogP) is 8.33. The number of hydrogen-bond acceptors (Lipinski definition) is 5. The summed E-state index contributed by atoms with van der Waals surface area (Å²) < 4.78 is 16.4. The van der Waals surface area contributed by atoms with Gasteiger partial charge in [-0.25, -0.2) is 0 Å². The summed E-state index contributed by atoms with van der Waals surface area (Å²) in [6.45, 7) is 0.342. The van der Waals surface area contributed by atoms with E-state index in [0.717, 1.165) is 56.7 Å². The molecule has 0 saturated carbocycles. The number of aldehydes is 1. The van der Waals surface area contributed by atoms with Crippen LogP contribution in [-0.4, -0.2) is 20.5 Å². The minimum atomic E-state index is 0.342. The first-order valence-corrected chi connectivity index (χ1v) is 12.6. The SMILES string of the molecule is COc1ccc(N(c2ccc(OC)cc2)c2ccc3cc(C=COCc4ccccc4C=O)ccc3c2)cc1. The highest BCUT2D eigenvalue weighted by molar-refractivity contribution is 5.90. The van der Waals surface area contributed by atoms with Crippen LogP contribution in [0.2, 0.25) is 0 Å². The van der Waals surface area contributed by atoms with E-state index in [0.29, 0.717) is 12.2 Å². The maximum atomic E-state index is 11.2. The molecule has 5 rings (SSSR count). The molecule has 0 radical (unpaired) electrons. The smallest absolute Gasteiger partial charge is 0.150 e. The maximum Gasteiger partial charge on any atom is 0.150 e. The lowest BCUT2D eigenvalue weighted by Crippen LogP contribution is -2.09. The molecular formula is C34H29NO4. The first-order valence-electron chi connectivity index (χ1n) is 12.6. The molecule has 0 fully saturated rings. The summed E-state index contributed by atoms with van der Waals surface area (Å²) >= 11 is 0. The molecular weight excluding hydrogens is 486 g/mol. The molecule has 0 aliphatic rings. The Labute approximate surface area is 228 Å². The highest BCUT2D eigenvalue weighted by Gasteiger charge is 2.13. The highest BCUT2D eigenvalue weighted by Crippen LogP contribution is 2.37. The average molecular weight is 516 g/mol. The Balaban J connectivity index is 1.39. The van der Waals surface area contributed by atoms with Crippen LogP contribution in [0.5, 0.6) is 11.5 Å². The predicted molar refractivity (Wildman–Crippen MR) is 157 cm³/mol. The van der Waals surface area contributed by atoms with E-state index in [9.17, 15) is 4.79 Å². The number of ether oxygens (including phenoxy) is 3. The molecule has 0 aliphatic heterocycles. The lowest BCUT2D eigenvalue weighted by atomic mass is 10.0. The third-order valence-corrected chi connectivity index (χ3v) is 6.54. The zero-order valence-electron chi connectivity index (χ0n) is 21.9. The standard InChI is InChI=1S/C34H29NO4/c1-37-33-15-11-30(12-16-33)35(31-13-17-34(38-2)18-14-31)32-10-9-26-21-25(7-8-27(26)22-32)19-20-39-24-29-6-4-3-5-28(29)23-36/h3-23H,24H2,1-2H3.